The summed E-state index contributed by atoms with van der Waals surface area (Å²) in [7, 11) is 4.45. The third-order valence-electron chi connectivity index (χ3n) is 4.60. The van der Waals surface area contributed by atoms with E-state index >= 15 is 0 Å². The van der Waals surface area contributed by atoms with E-state index in [9.17, 15) is 9.59 Å². The van der Waals surface area contributed by atoms with Gasteiger partial charge in [0.05, 0.1) is 27.8 Å². The molecule has 3 rings (SSSR count). The van der Waals surface area contributed by atoms with Crippen LogP contribution in [0.4, 0.5) is 0 Å². The lowest BCUT2D eigenvalue weighted by Gasteiger charge is -2.41. The van der Waals surface area contributed by atoms with Gasteiger partial charge in [-0.15, -0.1) is 0 Å². The molecule has 1 amide bonds. The van der Waals surface area contributed by atoms with Gasteiger partial charge in [-0.1, -0.05) is 0 Å². The average Bonchev–Trinajstić information content (AvgIpc) is 3.00. The zero-order chi connectivity index (χ0) is 15.9. The normalized spacial score (nSPS) is 22.9. The van der Waals surface area contributed by atoms with E-state index in [1.165, 1.54) is 7.11 Å². The molecule has 22 heavy (non-hydrogen) atoms. The number of hydrogen-bond donors (Lipinski definition) is 0. The summed E-state index contributed by atoms with van der Waals surface area (Å²) >= 11 is 0. The molecule has 1 unspecified atom stereocenters. The van der Waals surface area contributed by atoms with Crippen molar-refractivity contribution < 1.29 is 23.8 Å². The van der Waals surface area contributed by atoms with Crippen molar-refractivity contribution in [2.75, 3.05) is 27.9 Å². The summed E-state index contributed by atoms with van der Waals surface area (Å²) in [6, 6.07) is 3.59. The maximum Gasteiger partial charge on any atom is 0.336 e. The number of fused-ring (bicyclic) bond motifs is 3. The minimum absolute atomic E-state index is 0.0531. The van der Waals surface area contributed by atoms with Gasteiger partial charge >= 0.3 is 5.97 Å². The Balaban J connectivity index is 2.25. The van der Waals surface area contributed by atoms with Gasteiger partial charge < -0.3 is 19.1 Å². The van der Waals surface area contributed by atoms with Crippen LogP contribution in [0.2, 0.25) is 0 Å². The Morgan fingerprint density at radius 1 is 1.18 bits per heavy atom. The number of nitrogens with zero attached hydrogens (tertiary/aromatic N) is 1. The summed E-state index contributed by atoms with van der Waals surface area (Å²) in [5.74, 6) is 0.653. The summed E-state index contributed by atoms with van der Waals surface area (Å²) in [4.78, 5) is 26.7. The number of amides is 1. The first kappa shape index (κ1) is 14.7. The van der Waals surface area contributed by atoms with Crippen molar-refractivity contribution in [3.05, 3.63) is 23.3 Å². The van der Waals surface area contributed by atoms with Gasteiger partial charge in [-0.05, 0) is 36.1 Å². The maximum absolute atomic E-state index is 12.5. The fraction of sp³-hybridized carbons (Fsp3) is 0.500. The lowest BCUT2D eigenvalue weighted by Crippen LogP contribution is -2.54. The zero-order valence-corrected chi connectivity index (χ0v) is 13.0. The minimum Gasteiger partial charge on any atom is -0.493 e. The molecule has 118 valence electrons. The molecule has 0 bridgehead atoms. The smallest absolute Gasteiger partial charge is 0.336 e. The predicted octanol–water partition coefficient (Wildman–Crippen LogP) is 1.25. The van der Waals surface area contributed by atoms with E-state index in [0.717, 1.165) is 17.5 Å². The average molecular weight is 305 g/mol. The van der Waals surface area contributed by atoms with Crippen LogP contribution in [0.1, 0.15) is 24.0 Å². The number of hydrogen-bond acceptors (Lipinski definition) is 5. The second kappa shape index (κ2) is 5.19. The first-order chi connectivity index (χ1) is 10.6. The van der Waals surface area contributed by atoms with E-state index in [1.807, 2.05) is 0 Å². The topological polar surface area (TPSA) is 65.1 Å². The number of methoxy groups -OCH3 is 3. The molecule has 1 aromatic carbocycles. The van der Waals surface area contributed by atoms with Crippen molar-refractivity contribution in [2.24, 2.45) is 0 Å². The van der Waals surface area contributed by atoms with Gasteiger partial charge in [0.15, 0.2) is 17.0 Å². The van der Waals surface area contributed by atoms with Crippen LogP contribution < -0.4 is 9.47 Å². The van der Waals surface area contributed by atoms with Gasteiger partial charge in [-0.25, -0.2) is 4.79 Å². The molecule has 2 heterocycles. The summed E-state index contributed by atoms with van der Waals surface area (Å²) < 4.78 is 15.7. The van der Waals surface area contributed by atoms with Gasteiger partial charge in [0.1, 0.15) is 0 Å². The summed E-state index contributed by atoms with van der Waals surface area (Å²) in [5, 5.41) is 0. The highest BCUT2D eigenvalue weighted by Crippen LogP contribution is 2.47. The molecule has 0 spiro atoms. The predicted molar refractivity (Wildman–Crippen MR) is 77.9 cm³/mol. The van der Waals surface area contributed by atoms with Gasteiger partial charge in [-0.3, -0.25) is 4.79 Å². The van der Waals surface area contributed by atoms with Crippen LogP contribution in [-0.2, 0) is 26.3 Å². The third kappa shape index (κ3) is 1.79. The number of esters is 1. The van der Waals surface area contributed by atoms with Crippen LogP contribution in [0.5, 0.6) is 11.5 Å². The molecule has 0 saturated carbocycles. The van der Waals surface area contributed by atoms with Crippen LogP contribution in [0, 0.1) is 0 Å². The second-order valence-corrected chi connectivity index (χ2v) is 5.54. The molecule has 0 N–H and O–H groups in total. The Morgan fingerprint density at radius 2 is 1.86 bits per heavy atom. The van der Waals surface area contributed by atoms with Crippen molar-refractivity contribution in [3.63, 3.8) is 0 Å². The van der Waals surface area contributed by atoms with Crippen molar-refractivity contribution in [2.45, 2.75) is 24.8 Å². The Bertz CT molecular complexity index is 642. The van der Waals surface area contributed by atoms with Gasteiger partial charge in [-0.2, -0.15) is 0 Å². The van der Waals surface area contributed by atoms with Gasteiger partial charge in [0.25, 0.3) is 0 Å². The van der Waals surface area contributed by atoms with Gasteiger partial charge in [0.2, 0.25) is 5.91 Å². The molecule has 1 aromatic rings. The maximum atomic E-state index is 12.5. The molecular formula is C16H19NO5. The highest BCUT2D eigenvalue weighted by atomic mass is 16.5. The highest BCUT2D eigenvalue weighted by Gasteiger charge is 2.55. The largest absolute Gasteiger partial charge is 0.493 e. The van der Waals surface area contributed by atoms with Crippen molar-refractivity contribution in [1.82, 2.24) is 4.90 Å². The van der Waals surface area contributed by atoms with Crippen LogP contribution in [0.3, 0.4) is 0 Å². The quantitative estimate of drug-likeness (QED) is 0.786. The molecule has 0 radical (unpaired) electrons. The number of benzene rings is 1. The first-order valence-corrected chi connectivity index (χ1v) is 7.22. The summed E-state index contributed by atoms with van der Waals surface area (Å²) in [5.41, 5.74) is 0.555. The summed E-state index contributed by atoms with van der Waals surface area (Å²) in [6.07, 6.45) is 1.59. The van der Waals surface area contributed by atoms with E-state index in [2.05, 4.69) is 0 Å². The number of ether oxygens (including phenoxy) is 3. The van der Waals surface area contributed by atoms with Crippen molar-refractivity contribution in [1.29, 1.82) is 0 Å². The standard InChI is InChI=1S/C16H19NO5/c1-20-12-7-10-8-14(18)17-6-4-5-16(17,15(19)22-3)11(10)9-13(12)21-2/h7,9H,4-6,8H2,1-3H3. The fourth-order valence-electron chi connectivity index (χ4n) is 3.64. The minimum atomic E-state index is -1.03. The van der Waals surface area contributed by atoms with Crippen LogP contribution in [-0.4, -0.2) is 44.7 Å². The monoisotopic (exact) mass is 305 g/mol. The molecule has 1 atom stereocenters. The zero-order valence-electron chi connectivity index (χ0n) is 13.0. The lowest BCUT2D eigenvalue weighted by molar-refractivity contribution is -0.161. The molecule has 1 fully saturated rings. The first-order valence-electron chi connectivity index (χ1n) is 7.22. The van der Waals surface area contributed by atoms with Gasteiger partial charge in [0, 0.05) is 6.54 Å². The van der Waals surface area contributed by atoms with Crippen molar-refractivity contribution in [3.8, 4) is 11.5 Å². The van der Waals surface area contributed by atoms with E-state index in [-0.39, 0.29) is 12.3 Å². The van der Waals surface area contributed by atoms with Crippen LogP contribution >= 0.6 is 0 Å². The number of carbonyl (C=O) groups excluding carboxylic acids is 2. The Hall–Kier alpha value is -2.24. The van der Waals surface area contributed by atoms with E-state index < -0.39 is 11.5 Å². The lowest BCUT2D eigenvalue weighted by atomic mass is 9.79. The molecule has 0 aromatic heterocycles. The second-order valence-electron chi connectivity index (χ2n) is 5.54. The van der Waals surface area contributed by atoms with E-state index in [0.29, 0.717) is 24.5 Å². The Morgan fingerprint density at radius 3 is 2.50 bits per heavy atom. The molecular weight excluding hydrogens is 286 g/mol. The molecule has 0 aliphatic carbocycles. The number of rotatable bonds is 3. The molecule has 2 aliphatic heterocycles. The molecule has 1 saturated heterocycles. The fourth-order valence-corrected chi connectivity index (χ4v) is 3.64. The third-order valence-corrected chi connectivity index (χ3v) is 4.60. The Kier molecular flexibility index (Phi) is 3.47. The van der Waals surface area contributed by atoms with E-state index in [1.54, 1.807) is 31.3 Å². The Labute approximate surface area is 128 Å². The summed E-state index contributed by atoms with van der Waals surface area (Å²) in [6.45, 7) is 0.571. The van der Waals surface area contributed by atoms with Crippen LogP contribution in [0.25, 0.3) is 0 Å². The molecule has 6 nitrogen and oxygen atoms in total. The SMILES string of the molecule is COC(=O)C12CCCN1C(=O)Cc1cc(OC)c(OC)cc12. The highest BCUT2D eigenvalue weighted by molar-refractivity contribution is 5.94. The van der Waals surface area contributed by atoms with Crippen LogP contribution in [0.15, 0.2) is 12.1 Å². The molecule has 2 aliphatic rings. The number of carbonyl (C=O) groups is 2. The van der Waals surface area contributed by atoms with Crippen molar-refractivity contribution >= 4 is 11.9 Å². The van der Waals surface area contributed by atoms with E-state index in [4.69, 9.17) is 14.2 Å². The molecule has 6 heteroatoms.